The Bertz CT molecular complexity index is 442. The number of aromatic hydroxyl groups is 1. The van der Waals surface area contributed by atoms with Crippen LogP contribution in [0.2, 0.25) is 0 Å². The van der Waals surface area contributed by atoms with Gasteiger partial charge in [0.15, 0.2) is 0 Å². The van der Waals surface area contributed by atoms with Crippen molar-refractivity contribution >= 4 is 5.78 Å². The number of hydrogen-bond donors (Lipinski definition) is 1. The summed E-state index contributed by atoms with van der Waals surface area (Å²) in [7, 11) is 0. The van der Waals surface area contributed by atoms with Crippen LogP contribution in [0, 0.1) is 0 Å². The van der Waals surface area contributed by atoms with E-state index < -0.39 is 0 Å². The Balaban J connectivity index is 2.19. The summed E-state index contributed by atoms with van der Waals surface area (Å²) in [5.41, 5.74) is 2.13. The van der Waals surface area contributed by atoms with Crippen molar-refractivity contribution in [2.75, 3.05) is 0 Å². The first-order chi connectivity index (χ1) is 7.72. The molecule has 3 rings (SSSR count). The van der Waals surface area contributed by atoms with Crippen LogP contribution in [0.3, 0.4) is 0 Å². The summed E-state index contributed by atoms with van der Waals surface area (Å²) in [6, 6.07) is 5.53. The molecule has 2 nitrogen and oxygen atoms in total. The Hall–Kier alpha value is -1.31. The van der Waals surface area contributed by atoms with E-state index in [-0.39, 0.29) is 5.41 Å². The molecule has 0 bridgehead atoms. The molecule has 0 saturated heterocycles. The number of ketones is 1. The summed E-state index contributed by atoms with van der Waals surface area (Å²) in [6.45, 7) is 0. The number of aryl methyl sites for hydroxylation is 1. The molecule has 0 amide bonds. The minimum absolute atomic E-state index is 0.244. The number of hydrogen-bond acceptors (Lipinski definition) is 2. The van der Waals surface area contributed by atoms with Crippen LogP contribution < -0.4 is 0 Å². The summed E-state index contributed by atoms with van der Waals surface area (Å²) >= 11 is 0. The molecule has 2 heteroatoms. The fraction of sp³-hybridized carbons (Fsp3) is 0.500. The predicted molar refractivity (Wildman–Crippen MR) is 61.6 cm³/mol. The predicted octanol–water partition coefficient (Wildman–Crippen LogP) is 2.72. The zero-order valence-corrected chi connectivity index (χ0v) is 9.33. The van der Waals surface area contributed by atoms with E-state index in [0.29, 0.717) is 18.0 Å². The first kappa shape index (κ1) is 9.88. The Kier molecular flexibility index (Phi) is 2.06. The van der Waals surface area contributed by atoms with Crippen molar-refractivity contribution in [2.45, 2.75) is 43.9 Å². The van der Waals surface area contributed by atoms with E-state index in [0.717, 1.165) is 37.7 Å². The smallest absolute Gasteiger partial charge is 0.143 e. The van der Waals surface area contributed by atoms with Crippen LogP contribution in [0.15, 0.2) is 18.2 Å². The maximum Gasteiger partial charge on any atom is 0.143 e. The topological polar surface area (TPSA) is 37.3 Å². The average Bonchev–Trinajstić information content (AvgIpc) is 2.75. The highest BCUT2D eigenvalue weighted by atomic mass is 16.3. The van der Waals surface area contributed by atoms with Crippen molar-refractivity contribution in [3.8, 4) is 5.75 Å². The molecule has 0 aliphatic heterocycles. The Labute approximate surface area is 95.3 Å². The lowest BCUT2D eigenvalue weighted by atomic mass is 9.68. The van der Waals surface area contributed by atoms with Gasteiger partial charge in [0.2, 0.25) is 0 Å². The van der Waals surface area contributed by atoms with Gasteiger partial charge in [-0.2, -0.15) is 0 Å². The van der Waals surface area contributed by atoms with Gasteiger partial charge in [-0.3, -0.25) is 4.79 Å². The van der Waals surface area contributed by atoms with Crippen LogP contribution in [-0.2, 0) is 16.6 Å². The quantitative estimate of drug-likeness (QED) is 0.724. The van der Waals surface area contributed by atoms with Crippen molar-refractivity contribution < 1.29 is 9.90 Å². The molecule has 0 unspecified atom stereocenters. The Morgan fingerprint density at radius 3 is 2.62 bits per heavy atom. The summed E-state index contributed by atoms with van der Waals surface area (Å²) in [4.78, 5) is 12.2. The van der Waals surface area contributed by atoms with E-state index in [1.54, 1.807) is 6.07 Å². The van der Waals surface area contributed by atoms with Crippen LogP contribution in [0.4, 0.5) is 0 Å². The van der Waals surface area contributed by atoms with E-state index in [4.69, 9.17) is 0 Å². The van der Waals surface area contributed by atoms with Gasteiger partial charge >= 0.3 is 0 Å². The zero-order chi connectivity index (χ0) is 11.2. The molecule has 1 saturated carbocycles. The standard InChI is InChI=1S/C14H16O2/c15-11-5-3-10-4-6-13(16)14(12(10)9-11)7-1-2-8-14/h3,5,9,15H,1-2,4,6-8H2. The molecule has 0 atom stereocenters. The number of carbonyl (C=O) groups excluding carboxylic acids is 1. The van der Waals surface area contributed by atoms with Crippen molar-refractivity contribution in [3.05, 3.63) is 29.3 Å². The third-order valence-corrected chi connectivity index (χ3v) is 4.22. The molecule has 16 heavy (non-hydrogen) atoms. The number of phenols is 1. The number of benzene rings is 1. The second-order valence-corrected chi connectivity index (χ2v) is 5.05. The lowest BCUT2D eigenvalue weighted by Crippen LogP contribution is -2.37. The molecular formula is C14H16O2. The summed E-state index contributed by atoms with van der Waals surface area (Å²) < 4.78 is 0. The average molecular weight is 216 g/mol. The first-order valence-corrected chi connectivity index (χ1v) is 6.08. The van der Waals surface area contributed by atoms with Crippen molar-refractivity contribution in [1.82, 2.24) is 0 Å². The molecule has 1 spiro atoms. The van der Waals surface area contributed by atoms with E-state index >= 15 is 0 Å². The minimum atomic E-state index is -0.244. The molecule has 0 radical (unpaired) electrons. The van der Waals surface area contributed by atoms with Gasteiger partial charge < -0.3 is 5.11 Å². The van der Waals surface area contributed by atoms with Crippen LogP contribution >= 0.6 is 0 Å². The van der Waals surface area contributed by atoms with E-state index in [1.165, 1.54) is 5.56 Å². The van der Waals surface area contributed by atoms with Gasteiger partial charge in [0.1, 0.15) is 11.5 Å². The molecule has 1 N–H and O–H groups in total. The highest BCUT2D eigenvalue weighted by molar-refractivity contribution is 5.92. The van der Waals surface area contributed by atoms with Gasteiger partial charge in [-0.1, -0.05) is 18.9 Å². The van der Waals surface area contributed by atoms with E-state index in [1.807, 2.05) is 12.1 Å². The molecule has 0 heterocycles. The fourth-order valence-corrected chi connectivity index (χ4v) is 3.39. The summed E-state index contributed by atoms with van der Waals surface area (Å²) in [6.07, 6.45) is 5.75. The SMILES string of the molecule is O=C1CCc2ccc(O)cc2C12CCCC2. The van der Waals surface area contributed by atoms with Crippen LogP contribution in [0.1, 0.15) is 43.2 Å². The highest BCUT2D eigenvalue weighted by Gasteiger charge is 2.45. The third-order valence-electron chi connectivity index (χ3n) is 4.22. The van der Waals surface area contributed by atoms with Gasteiger partial charge in [-0.05, 0) is 42.5 Å². The van der Waals surface area contributed by atoms with Gasteiger partial charge in [0.05, 0.1) is 5.41 Å². The van der Waals surface area contributed by atoms with Crippen LogP contribution in [0.25, 0.3) is 0 Å². The molecule has 2 aliphatic rings. The lowest BCUT2D eigenvalue weighted by Gasteiger charge is -2.34. The molecule has 1 aromatic rings. The fourth-order valence-electron chi connectivity index (χ4n) is 3.39. The number of phenolic OH excluding ortho intramolecular Hbond substituents is 1. The molecular weight excluding hydrogens is 200 g/mol. The molecule has 84 valence electrons. The van der Waals surface area contributed by atoms with Crippen molar-refractivity contribution in [3.63, 3.8) is 0 Å². The van der Waals surface area contributed by atoms with Crippen LogP contribution in [0.5, 0.6) is 5.75 Å². The molecule has 0 aromatic heterocycles. The number of fused-ring (bicyclic) bond motifs is 2. The van der Waals surface area contributed by atoms with Gasteiger partial charge in [0, 0.05) is 6.42 Å². The van der Waals surface area contributed by atoms with E-state index in [9.17, 15) is 9.90 Å². The minimum Gasteiger partial charge on any atom is -0.508 e. The summed E-state index contributed by atoms with van der Waals surface area (Å²) in [5, 5.41) is 9.61. The van der Waals surface area contributed by atoms with Gasteiger partial charge in [-0.25, -0.2) is 0 Å². The second-order valence-electron chi connectivity index (χ2n) is 5.05. The van der Waals surface area contributed by atoms with Crippen LogP contribution in [-0.4, -0.2) is 10.9 Å². The normalized spacial score (nSPS) is 22.4. The highest BCUT2D eigenvalue weighted by Crippen LogP contribution is 2.47. The maximum atomic E-state index is 12.2. The molecule has 1 aromatic carbocycles. The summed E-state index contributed by atoms with van der Waals surface area (Å²) in [5.74, 6) is 0.683. The Morgan fingerprint density at radius 1 is 1.12 bits per heavy atom. The maximum absolute atomic E-state index is 12.2. The lowest BCUT2D eigenvalue weighted by molar-refractivity contribution is -0.125. The zero-order valence-electron chi connectivity index (χ0n) is 9.33. The largest absolute Gasteiger partial charge is 0.508 e. The molecule has 1 fully saturated rings. The number of rotatable bonds is 0. The van der Waals surface area contributed by atoms with Gasteiger partial charge in [0.25, 0.3) is 0 Å². The van der Waals surface area contributed by atoms with E-state index in [2.05, 4.69) is 0 Å². The number of carbonyl (C=O) groups is 1. The second kappa shape index (κ2) is 3.34. The van der Waals surface area contributed by atoms with Crippen molar-refractivity contribution in [1.29, 1.82) is 0 Å². The third kappa shape index (κ3) is 1.22. The monoisotopic (exact) mass is 216 g/mol. The number of Topliss-reactive ketones (excluding diaryl/α,β-unsaturated/α-hetero) is 1. The van der Waals surface area contributed by atoms with Crippen molar-refractivity contribution in [2.24, 2.45) is 0 Å². The first-order valence-electron chi connectivity index (χ1n) is 6.08. The molecule has 2 aliphatic carbocycles. The van der Waals surface area contributed by atoms with Gasteiger partial charge in [-0.15, -0.1) is 0 Å². The Morgan fingerprint density at radius 2 is 1.88 bits per heavy atom.